The van der Waals surface area contributed by atoms with Gasteiger partial charge < -0.3 is 10.4 Å². The number of likely N-dealkylation sites (tertiary alicyclic amines) is 1. The number of carbonyl (C=O) groups excluding carboxylic acids is 1. The van der Waals surface area contributed by atoms with E-state index in [1.54, 1.807) is 0 Å². The van der Waals surface area contributed by atoms with E-state index < -0.39 is 0 Å². The zero-order valence-corrected chi connectivity index (χ0v) is 15.0. The Balaban J connectivity index is 1.60. The van der Waals surface area contributed by atoms with Crippen LogP contribution >= 0.6 is 15.9 Å². The molecule has 1 aromatic rings. The van der Waals surface area contributed by atoms with Gasteiger partial charge in [0.15, 0.2) is 0 Å². The Bertz CT molecular complexity index is 528. The summed E-state index contributed by atoms with van der Waals surface area (Å²) < 4.78 is 0.971. The first-order valence-corrected chi connectivity index (χ1v) is 9.40. The highest BCUT2D eigenvalue weighted by Gasteiger charge is 2.37. The van der Waals surface area contributed by atoms with Crippen LogP contribution in [0.3, 0.4) is 0 Å². The minimum atomic E-state index is -0.253. The van der Waals surface area contributed by atoms with Gasteiger partial charge in [-0.15, -0.1) is 0 Å². The molecule has 0 radical (unpaired) electrons. The molecule has 126 valence electrons. The number of hydrogen-bond acceptors (Lipinski definition) is 3. The molecule has 2 N–H and O–H groups in total. The Morgan fingerprint density at radius 3 is 2.57 bits per heavy atom. The van der Waals surface area contributed by atoms with Crippen LogP contribution in [-0.4, -0.2) is 47.7 Å². The summed E-state index contributed by atoms with van der Waals surface area (Å²) in [6, 6.07) is 7.62. The van der Waals surface area contributed by atoms with Gasteiger partial charge in [0, 0.05) is 22.6 Å². The van der Waals surface area contributed by atoms with Crippen LogP contribution in [0.25, 0.3) is 0 Å². The number of nitrogens with zero attached hydrogens (tertiary/aromatic N) is 1. The lowest BCUT2D eigenvalue weighted by Crippen LogP contribution is -2.52. The minimum absolute atomic E-state index is 0.0299. The second-order valence-electron chi connectivity index (χ2n) is 6.71. The summed E-state index contributed by atoms with van der Waals surface area (Å²) in [6.45, 7) is 2.81. The predicted octanol–water partition coefficient (Wildman–Crippen LogP) is 2.80. The molecule has 1 aliphatic heterocycles. The molecule has 3 atom stereocenters. The van der Waals surface area contributed by atoms with Crippen LogP contribution < -0.4 is 5.32 Å². The first-order chi connectivity index (χ1) is 11.1. The fourth-order valence-electron chi connectivity index (χ4n) is 3.98. The van der Waals surface area contributed by atoms with Crippen LogP contribution in [-0.2, 0) is 0 Å². The van der Waals surface area contributed by atoms with Gasteiger partial charge in [-0.25, -0.2) is 0 Å². The van der Waals surface area contributed by atoms with Crippen molar-refractivity contribution in [3.8, 4) is 0 Å². The van der Waals surface area contributed by atoms with Crippen LogP contribution in [0.15, 0.2) is 28.7 Å². The quantitative estimate of drug-likeness (QED) is 0.844. The van der Waals surface area contributed by atoms with Gasteiger partial charge in [0.1, 0.15) is 0 Å². The van der Waals surface area contributed by atoms with E-state index >= 15 is 0 Å². The molecule has 1 saturated heterocycles. The van der Waals surface area contributed by atoms with E-state index in [0.717, 1.165) is 36.8 Å². The van der Waals surface area contributed by atoms with Crippen molar-refractivity contribution in [2.75, 3.05) is 19.6 Å². The molecule has 1 aromatic carbocycles. The molecule has 4 nitrogen and oxygen atoms in total. The maximum atomic E-state index is 12.3. The standard InChI is InChI=1S/C18H25BrN2O2/c19-15-8-6-13(7-9-15)18(23)20-12-14-4-3-5-16(22)17(14)21-10-1-2-11-21/h6-9,14,16-17,22H,1-5,10-12H2,(H,20,23). The van der Waals surface area contributed by atoms with Crippen molar-refractivity contribution in [3.63, 3.8) is 0 Å². The molecule has 3 rings (SSSR count). The molecule has 2 aliphatic rings. The Morgan fingerprint density at radius 2 is 1.87 bits per heavy atom. The maximum Gasteiger partial charge on any atom is 0.251 e. The van der Waals surface area contributed by atoms with Crippen molar-refractivity contribution < 1.29 is 9.90 Å². The summed E-state index contributed by atoms with van der Waals surface area (Å²) in [5, 5.41) is 13.5. The van der Waals surface area contributed by atoms with Gasteiger partial charge in [0.25, 0.3) is 5.91 Å². The first kappa shape index (κ1) is 16.9. The number of aliphatic hydroxyl groups excluding tert-OH is 1. The van der Waals surface area contributed by atoms with Crippen molar-refractivity contribution >= 4 is 21.8 Å². The molecule has 0 aromatic heterocycles. The van der Waals surface area contributed by atoms with Crippen LogP contribution in [0.1, 0.15) is 42.5 Å². The summed E-state index contributed by atoms with van der Waals surface area (Å²) in [5.74, 6) is 0.314. The van der Waals surface area contributed by atoms with Crippen molar-refractivity contribution in [1.82, 2.24) is 10.2 Å². The summed E-state index contributed by atoms with van der Waals surface area (Å²) >= 11 is 3.38. The SMILES string of the molecule is O=C(NCC1CCCC(O)C1N1CCCC1)c1ccc(Br)cc1. The van der Waals surface area contributed by atoms with Gasteiger partial charge in [0.05, 0.1) is 6.10 Å². The highest BCUT2D eigenvalue weighted by Crippen LogP contribution is 2.30. The monoisotopic (exact) mass is 380 g/mol. The number of nitrogens with one attached hydrogen (secondary N) is 1. The van der Waals surface area contributed by atoms with Gasteiger partial charge in [-0.3, -0.25) is 9.69 Å². The number of amides is 1. The summed E-state index contributed by atoms with van der Waals surface area (Å²) in [6.07, 6.45) is 5.21. The molecule has 1 aliphatic carbocycles. The van der Waals surface area contributed by atoms with Crippen LogP contribution in [0.4, 0.5) is 0 Å². The Morgan fingerprint density at radius 1 is 1.17 bits per heavy atom. The normalized spacial score (nSPS) is 28.7. The highest BCUT2D eigenvalue weighted by molar-refractivity contribution is 9.10. The predicted molar refractivity (Wildman–Crippen MR) is 94.4 cm³/mol. The molecule has 5 heteroatoms. The molecule has 0 spiro atoms. The second kappa shape index (κ2) is 7.77. The Kier molecular flexibility index (Phi) is 5.72. The van der Waals surface area contributed by atoms with E-state index in [0.29, 0.717) is 18.0 Å². The molecular formula is C18H25BrN2O2. The third kappa shape index (κ3) is 4.14. The van der Waals surface area contributed by atoms with Gasteiger partial charge in [-0.05, 0) is 69.0 Å². The molecule has 3 unspecified atom stereocenters. The Labute approximate surface area is 146 Å². The van der Waals surface area contributed by atoms with Crippen LogP contribution in [0, 0.1) is 5.92 Å². The molecule has 0 bridgehead atoms. The zero-order valence-electron chi connectivity index (χ0n) is 13.4. The maximum absolute atomic E-state index is 12.3. The third-order valence-corrected chi connectivity index (χ3v) is 5.67. The van der Waals surface area contributed by atoms with E-state index in [9.17, 15) is 9.90 Å². The van der Waals surface area contributed by atoms with Crippen LogP contribution in [0.5, 0.6) is 0 Å². The molecule has 1 saturated carbocycles. The largest absolute Gasteiger partial charge is 0.391 e. The van der Waals surface area contributed by atoms with Crippen LogP contribution in [0.2, 0.25) is 0 Å². The Hall–Kier alpha value is -0.910. The molecule has 1 heterocycles. The fourth-order valence-corrected chi connectivity index (χ4v) is 4.24. The summed E-state index contributed by atoms with van der Waals surface area (Å²) in [5.41, 5.74) is 0.683. The van der Waals surface area contributed by atoms with Gasteiger partial charge in [-0.1, -0.05) is 22.4 Å². The number of aliphatic hydroxyl groups is 1. The van der Waals surface area contributed by atoms with E-state index in [-0.39, 0.29) is 18.1 Å². The van der Waals surface area contributed by atoms with Crippen molar-refractivity contribution in [2.24, 2.45) is 5.92 Å². The number of rotatable bonds is 4. The topological polar surface area (TPSA) is 52.6 Å². The second-order valence-corrected chi connectivity index (χ2v) is 7.62. The lowest BCUT2D eigenvalue weighted by Gasteiger charge is -2.41. The lowest BCUT2D eigenvalue weighted by molar-refractivity contribution is -0.00299. The van der Waals surface area contributed by atoms with E-state index in [4.69, 9.17) is 0 Å². The number of carbonyl (C=O) groups is 1. The molecule has 2 fully saturated rings. The van der Waals surface area contributed by atoms with E-state index in [1.807, 2.05) is 24.3 Å². The lowest BCUT2D eigenvalue weighted by atomic mass is 9.81. The summed E-state index contributed by atoms with van der Waals surface area (Å²) in [4.78, 5) is 14.7. The molecule has 23 heavy (non-hydrogen) atoms. The minimum Gasteiger partial charge on any atom is -0.391 e. The molecular weight excluding hydrogens is 356 g/mol. The van der Waals surface area contributed by atoms with Crippen molar-refractivity contribution in [1.29, 1.82) is 0 Å². The van der Waals surface area contributed by atoms with Crippen molar-refractivity contribution in [2.45, 2.75) is 44.2 Å². The average Bonchev–Trinajstić information content (AvgIpc) is 3.07. The van der Waals surface area contributed by atoms with Crippen molar-refractivity contribution in [3.05, 3.63) is 34.3 Å². The van der Waals surface area contributed by atoms with Gasteiger partial charge in [-0.2, -0.15) is 0 Å². The van der Waals surface area contributed by atoms with E-state index in [1.165, 1.54) is 12.8 Å². The average molecular weight is 381 g/mol. The highest BCUT2D eigenvalue weighted by atomic mass is 79.9. The van der Waals surface area contributed by atoms with Gasteiger partial charge in [0.2, 0.25) is 0 Å². The smallest absolute Gasteiger partial charge is 0.251 e. The zero-order chi connectivity index (χ0) is 16.2. The first-order valence-electron chi connectivity index (χ1n) is 8.61. The molecule has 1 amide bonds. The summed E-state index contributed by atoms with van der Waals surface area (Å²) in [7, 11) is 0. The number of halogens is 1. The van der Waals surface area contributed by atoms with Gasteiger partial charge >= 0.3 is 0 Å². The van der Waals surface area contributed by atoms with E-state index in [2.05, 4.69) is 26.1 Å². The third-order valence-electron chi connectivity index (χ3n) is 5.15. The fraction of sp³-hybridized carbons (Fsp3) is 0.611. The number of benzene rings is 1. The number of hydrogen-bond donors (Lipinski definition) is 2.